The van der Waals surface area contributed by atoms with Crippen LogP contribution in [-0.2, 0) is 0 Å². The molecule has 1 heterocycles. The maximum Gasteiger partial charge on any atom is 0.0637 e. The van der Waals surface area contributed by atoms with E-state index in [1.165, 1.54) is 5.56 Å². The van der Waals surface area contributed by atoms with E-state index in [2.05, 4.69) is 29.8 Å². The summed E-state index contributed by atoms with van der Waals surface area (Å²) in [5, 5.41) is 1.91. The van der Waals surface area contributed by atoms with Crippen molar-refractivity contribution in [3.8, 4) is 0 Å². The second-order valence-corrected chi connectivity index (χ2v) is 3.80. The average Bonchev–Trinajstić information content (AvgIpc) is 2.38. The highest BCUT2D eigenvalue weighted by Crippen LogP contribution is 2.04. The molecule has 0 aliphatic heterocycles. The van der Waals surface area contributed by atoms with E-state index in [0.29, 0.717) is 0 Å². The molecular weight excluding hydrogens is 206 g/mol. The van der Waals surface area contributed by atoms with E-state index in [1.807, 2.05) is 49.4 Å². The van der Waals surface area contributed by atoms with Crippen molar-refractivity contribution in [2.75, 3.05) is 0 Å². The quantitative estimate of drug-likeness (QED) is 0.759. The zero-order valence-electron chi connectivity index (χ0n) is 9.93. The molecular formula is C16H15N. The van der Waals surface area contributed by atoms with Crippen molar-refractivity contribution in [1.82, 2.24) is 4.98 Å². The van der Waals surface area contributed by atoms with Crippen molar-refractivity contribution in [3.63, 3.8) is 0 Å². The fourth-order valence-electron chi connectivity index (χ4n) is 1.63. The number of pyridine rings is 1. The lowest BCUT2D eigenvalue weighted by molar-refractivity contribution is 1.20. The summed E-state index contributed by atoms with van der Waals surface area (Å²) in [6, 6.07) is 14.2. The highest BCUT2D eigenvalue weighted by atomic mass is 14.7. The predicted molar refractivity (Wildman–Crippen MR) is 74.5 cm³/mol. The Bertz CT molecular complexity index is 624. The van der Waals surface area contributed by atoms with Gasteiger partial charge in [0.25, 0.3) is 0 Å². The molecule has 1 aromatic carbocycles. The van der Waals surface area contributed by atoms with Crippen LogP contribution in [0.1, 0.15) is 18.2 Å². The molecule has 0 radical (unpaired) electrons. The Morgan fingerprint density at radius 3 is 2.41 bits per heavy atom. The van der Waals surface area contributed by atoms with Crippen LogP contribution in [0.5, 0.6) is 0 Å². The minimum Gasteiger partial charge on any atom is -0.249 e. The van der Waals surface area contributed by atoms with E-state index in [9.17, 15) is 0 Å². The van der Waals surface area contributed by atoms with Crippen LogP contribution in [0.4, 0.5) is 0 Å². The molecule has 0 aliphatic carbocycles. The minimum atomic E-state index is 0.822. The summed E-state index contributed by atoms with van der Waals surface area (Å²) in [6.45, 7) is 5.92. The Labute approximate surface area is 101 Å². The second-order valence-electron chi connectivity index (χ2n) is 3.80. The highest BCUT2D eigenvalue weighted by molar-refractivity contribution is 5.67. The molecule has 0 N–H and O–H groups in total. The van der Waals surface area contributed by atoms with Gasteiger partial charge in [0.15, 0.2) is 0 Å². The molecule has 2 rings (SSSR count). The summed E-state index contributed by atoms with van der Waals surface area (Å²) in [5.74, 6) is 0. The molecule has 84 valence electrons. The molecule has 1 nitrogen and oxygen atoms in total. The molecule has 0 aliphatic rings. The van der Waals surface area contributed by atoms with Crippen molar-refractivity contribution in [1.29, 1.82) is 0 Å². The monoisotopic (exact) mass is 221 g/mol. The average molecular weight is 221 g/mol. The molecule has 1 aromatic heterocycles. The van der Waals surface area contributed by atoms with Gasteiger partial charge >= 0.3 is 0 Å². The van der Waals surface area contributed by atoms with E-state index < -0.39 is 0 Å². The molecule has 0 atom stereocenters. The van der Waals surface area contributed by atoms with Gasteiger partial charge in [0.2, 0.25) is 0 Å². The SMILES string of the molecule is C=c1nc(/C=C/c2ccccc2)cc/c1=C/C. The van der Waals surface area contributed by atoms with Gasteiger partial charge < -0.3 is 0 Å². The lowest BCUT2D eigenvalue weighted by atomic mass is 10.2. The van der Waals surface area contributed by atoms with Gasteiger partial charge in [0, 0.05) is 0 Å². The molecule has 1 heteroatoms. The number of hydrogen-bond acceptors (Lipinski definition) is 1. The Morgan fingerprint density at radius 2 is 1.76 bits per heavy atom. The van der Waals surface area contributed by atoms with Gasteiger partial charge in [-0.1, -0.05) is 55.1 Å². The molecule has 2 aromatic rings. The normalized spacial score (nSPS) is 12.2. The van der Waals surface area contributed by atoms with Crippen molar-refractivity contribution in [2.24, 2.45) is 0 Å². The van der Waals surface area contributed by atoms with Crippen LogP contribution >= 0.6 is 0 Å². The van der Waals surface area contributed by atoms with E-state index in [0.717, 1.165) is 16.3 Å². The minimum absolute atomic E-state index is 0.822. The molecule has 0 saturated carbocycles. The summed E-state index contributed by atoms with van der Waals surface area (Å²) in [6.07, 6.45) is 6.07. The number of hydrogen-bond donors (Lipinski definition) is 0. The third-order valence-corrected chi connectivity index (χ3v) is 2.59. The lowest BCUT2D eigenvalue weighted by Crippen LogP contribution is -2.26. The van der Waals surface area contributed by atoms with Crippen molar-refractivity contribution in [2.45, 2.75) is 6.92 Å². The van der Waals surface area contributed by atoms with Gasteiger partial charge in [-0.05, 0) is 29.8 Å². The van der Waals surface area contributed by atoms with Crippen LogP contribution < -0.4 is 10.6 Å². The first-order valence-corrected chi connectivity index (χ1v) is 5.65. The van der Waals surface area contributed by atoms with Gasteiger partial charge in [-0.25, -0.2) is 4.98 Å². The smallest absolute Gasteiger partial charge is 0.0637 e. The Hall–Kier alpha value is -2.15. The van der Waals surface area contributed by atoms with Crippen LogP contribution in [0.15, 0.2) is 42.5 Å². The predicted octanol–water partition coefficient (Wildman–Crippen LogP) is 2.46. The van der Waals surface area contributed by atoms with Gasteiger partial charge in [-0.15, -0.1) is 0 Å². The Balaban J connectivity index is 2.29. The first-order chi connectivity index (χ1) is 8.29. The third kappa shape index (κ3) is 2.91. The van der Waals surface area contributed by atoms with E-state index in [4.69, 9.17) is 0 Å². The van der Waals surface area contributed by atoms with Gasteiger partial charge in [-0.3, -0.25) is 0 Å². The first-order valence-electron chi connectivity index (χ1n) is 5.65. The van der Waals surface area contributed by atoms with E-state index >= 15 is 0 Å². The standard InChI is InChI=1S/C16H15N/c1-3-15-10-12-16(17-13(15)2)11-9-14-7-5-4-6-8-14/h3-12H,2H2,1H3/b11-9+,15-3-. The number of benzene rings is 1. The number of aromatic nitrogens is 1. The zero-order valence-corrected chi connectivity index (χ0v) is 9.93. The van der Waals surface area contributed by atoms with E-state index in [-0.39, 0.29) is 0 Å². The summed E-state index contributed by atoms with van der Waals surface area (Å²) in [5.41, 5.74) is 2.11. The number of rotatable bonds is 2. The molecule has 0 bridgehead atoms. The van der Waals surface area contributed by atoms with Crippen molar-refractivity contribution in [3.05, 3.63) is 64.3 Å². The van der Waals surface area contributed by atoms with Gasteiger partial charge in [-0.2, -0.15) is 0 Å². The topological polar surface area (TPSA) is 12.9 Å². The molecule has 0 unspecified atom stereocenters. The Kier molecular flexibility index (Phi) is 3.51. The van der Waals surface area contributed by atoms with Crippen LogP contribution in [0.2, 0.25) is 0 Å². The zero-order chi connectivity index (χ0) is 12.1. The first kappa shape index (κ1) is 11.3. The fraction of sp³-hybridized carbons (Fsp3) is 0.0625. The van der Waals surface area contributed by atoms with Crippen LogP contribution in [0, 0.1) is 0 Å². The van der Waals surface area contributed by atoms with Crippen molar-refractivity contribution >= 4 is 24.8 Å². The summed E-state index contributed by atoms with van der Waals surface area (Å²) in [4.78, 5) is 4.43. The molecule has 0 fully saturated rings. The summed E-state index contributed by atoms with van der Waals surface area (Å²) >= 11 is 0. The third-order valence-electron chi connectivity index (χ3n) is 2.59. The molecule has 0 saturated heterocycles. The van der Waals surface area contributed by atoms with Crippen LogP contribution in [0.3, 0.4) is 0 Å². The maximum absolute atomic E-state index is 4.43. The Morgan fingerprint density at radius 1 is 1.00 bits per heavy atom. The summed E-state index contributed by atoms with van der Waals surface area (Å²) in [7, 11) is 0. The lowest BCUT2D eigenvalue weighted by Gasteiger charge is -1.94. The second kappa shape index (κ2) is 5.26. The molecule has 17 heavy (non-hydrogen) atoms. The molecule has 0 amide bonds. The summed E-state index contributed by atoms with van der Waals surface area (Å²) < 4.78 is 0. The largest absolute Gasteiger partial charge is 0.249 e. The van der Waals surface area contributed by atoms with Crippen LogP contribution in [0.25, 0.3) is 24.8 Å². The fourth-order valence-corrected chi connectivity index (χ4v) is 1.63. The van der Waals surface area contributed by atoms with Gasteiger partial charge in [0.1, 0.15) is 0 Å². The molecule has 0 spiro atoms. The van der Waals surface area contributed by atoms with Crippen molar-refractivity contribution < 1.29 is 0 Å². The van der Waals surface area contributed by atoms with E-state index in [1.54, 1.807) is 0 Å². The van der Waals surface area contributed by atoms with Crippen LogP contribution in [-0.4, -0.2) is 4.98 Å². The number of nitrogens with zero attached hydrogens (tertiary/aromatic N) is 1. The van der Waals surface area contributed by atoms with Gasteiger partial charge in [0.05, 0.1) is 11.0 Å². The highest BCUT2D eigenvalue weighted by Gasteiger charge is 1.89. The maximum atomic E-state index is 4.43.